The molecule has 26 heavy (non-hydrogen) atoms. The summed E-state index contributed by atoms with van der Waals surface area (Å²) in [6, 6.07) is 23.9. The van der Waals surface area contributed by atoms with Crippen molar-refractivity contribution in [3.8, 4) is 0 Å². The van der Waals surface area contributed by atoms with Crippen molar-refractivity contribution >= 4 is 63.3 Å². The van der Waals surface area contributed by atoms with E-state index in [1.165, 1.54) is 21.9 Å². The van der Waals surface area contributed by atoms with Gasteiger partial charge in [-0.15, -0.1) is 65.6 Å². The molecule has 2 aliphatic rings. The first-order valence-corrected chi connectivity index (χ1v) is 14.7. The maximum atomic E-state index is 5.60. The van der Waals surface area contributed by atoms with Crippen LogP contribution >= 0.6 is 33.0 Å². The Labute approximate surface area is 187 Å². The van der Waals surface area contributed by atoms with Crippen LogP contribution in [0.15, 0.2) is 77.0 Å². The molecule has 3 aromatic rings. The molecule has 5 rings (SSSR count). The molecule has 1 heterocycles. The van der Waals surface area contributed by atoms with Gasteiger partial charge in [-0.1, -0.05) is 11.6 Å². The van der Waals surface area contributed by atoms with Gasteiger partial charge >= 0.3 is 37.9 Å². The first-order valence-electron chi connectivity index (χ1n) is 7.55. The average Bonchev–Trinajstić information content (AvgIpc) is 3.29. The Kier molecular flexibility index (Phi) is 9.13. The van der Waals surface area contributed by atoms with Crippen molar-refractivity contribution < 1.29 is 25.6 Å². The third-order valence-corrected chi connectivity index (χ3v) is 4.29. The van der Waals surface area contributed by atoms with Gasteiger partial charge in [-0.25, -0.2) is 0 Å². The SMILES string of the molecule is BrC1=CC2=Cc3[c-]cccc3C2O1.[Cl][Zr][Cl].[SH-].c1ccc2[cH-]ccc2c1. The first kappa shape index (κ1) is 21.9. The van der Waals surface area contributed by atoms with Gasteiger partial charge in [0, 0.05) is 0 Å². The van der Waals surface area contributed by atoms with Gasteiger partial charge in [0.05, 0.1) is 0 Å². The van der Waals surface area contributed by atoms with Crippen LogP contribution in [0.5, 0.6) is 0 Å². The van der Waals surface area contributed by atoms with E-state index in [1.807, 2.05) is 18.2 Å². The molecule has 0 aromatic heterocycles. The van der Waals surface area contributed by atoms with Crippen LogP contribution < -0.4 is 0 Å². The minimum Gasteiger partial charge on any atom is -0.813 e. The standard InChI is InChI=1S/C11H6BrO.C9H7.2ClH.H2S.Zr/c12-10-6-8-5-7-3-1-2-4-9(7)11(8)13-10;1-2-5-9-7-3-6-8(9)4-1;;;;/h1-2,4-6,11H;1-7H;2*1H;1H2;/q2*-1;;;;+2/p-3. The van der Waals surface area contributed by atoms with Crippen LogP contribution in [0.1, 0.15) is 17.2 Å². The largest absolute Gasteiger partial charge is 0.813 e. The molecule has 0 bridgehead atoms. The molecular weight excluding hydrogens is 530 g/mol. The van der Waals surface area contributed by atoms with Crippen molar-refractivity contribution in [2.45, 2.75) is 6.10 Å². The molecule has 0 N–H and O–H groups in total. The normalized spacial score (nSPS) is 15.6. The van der Waals surface area contributed by atoms with Crippen LogP contribution in [0.25, 0.3) is 16.8 Å². The number of fused-ring (bicyclic) bond motifs is 4. The van der Waals surface area contributed by atoms with Gasteiger partial charge in [0.1, 0.15) is 6.10 Å². The van der Waals surface area contributed by atoms with E-state index in [0.29, 0.717) is 0 Å². The Morgan fingerprint density at radius 3 is 2.62 bits per heavy atom. The Bertz CT molecular complexity index is 893. The van der Waals surface area contributed by atoms with Gasteiger partial charge in [0.2, 0.25) is 0 Å². The fraction of sp³-hybridized carbons (Fsp3) is 0.0500. The quantitative estimate of drug-likeness (QED) is 0.174. The second kappa shape index (κ2) is 10.8. The van der Waals surface area contributed by atoms with Crippen LogP contribution in [0, 0.1) is 6.07 Å². The van der Waals surface area contributed by atoms with Gasteiger partial charge in [-0.05, 0) is 27.6 Å². The molecule has 3 aromatic carbocycles. The van der Waals surface area contributed by atoms with E-state index in [0.717, 1.165) is 10.2 Å². The van der Waals surface area contributed by atoms with Crippen molar-refractivity contribution in [2.75, 3.05) is 0 Å². The minimum absolute atomic E-state index is 0. The minimum atomic E-state index is -0.826. The fourth-order valence-electron chi connectivity index (χ4n) is 2.83. The van der Waals surface area contributed by atoms with E-state index >= 15 is 0 Å². The zero-order chi connectivity index (χ0) is 17.6. The zero-order valence-electron chi connectivity index (χ0n) is 13.5. The fourth-order valence-corrected chi connectivity index (χ4v) is 3.29. The number of halogens is 3. The summed E-state index contributed by atoms with van der Waals surface area (Å²) < 4.78 is 6.42. The van der Waals surface area contributed by atoms with E-state index in [1.54, 1.807) is 0 Å². The Hall–Kier alpha value is -0.377. The van der Waals surface area contributed by atoms with Gasteiger partial charge in [0.25, 0.3) is 0 Å². The van der Waals surface area contributed by atoms with Gasteiger partial charge in [-0.3, -0.25) is 0 Å². The van der Waals surface area contributed by atoms with Crippen LogP contribution in [-0.4, -0.2) is 0 Å². The number of rotatable bonds is 0. The molecule has 0 fully saturated rings. The summed E-state index contributed by atoms with van der Waals surface area (Å²) in [5.41, 5.74) is 3.58. The van der Waals surface area contributed by atoms with Gasteiger partial charge in [0.15, 0.2) is 4.67 Å². The summed E-state index contributed by atoms with van der Waals surface area (Å²) in [5.74, 6) is 0. The number of hydrogen-bond acceptors (Lipinski definition) is 2. The summed E-state index contributed by atoms with van der Waals surface area (Å²) >= 11 is 2.51. The van der Waals surface area contributed by atoms with Crippen molar-refractivity contribution in [1.29, 1.82) is 0 Å². The molecule has 0 saturated carbocycles. The second-order valence-electron chi connectivity index (χ2n) is 5.36. The smallest absolute Gasteiger partial charge is 0.0809 e. The number of ether oxygens (including phenoxy) is 1. The molecular formula is C20H14BrCl2OSZr-3. The van der Waals surface area contributed by atoms with Crippen LogP contribution in [0.2, 0.25) is 0 Å². The third kappa shape index (κ3) is 5.33. The van der Waals surface area contributed by atoms with Crippen LogP contribution in [0.3, 0.4) is 0 Å². The number of hydrogen-bond donors (Lipinski definition) is 0. The van der Waals surface area contributed by atoms with E-state index < -0.39 is 20.8 Å². The second-order valence-corrected chi connectivity index (χ2v) is 9.87. The van der Waals surface area contributed by atoms with Gasteiger partial charge in [-0.2, -0.15) is 17.5 Å². The maximum Gasteiger partial charge on any atom is -0.0809 e. The summed E-state index contributed by atoms with van der Waals surface area (Å²) in [5, 5.41) is 2.66. The summed E-state index contributed by atoms with van der Waals surface area (Å²) in [6.07, 6.45) is 4.23. The van der Waals surface area contributed by atoms with Crippen molar-refractivity contribution in [3.63, 3.8) is 0 Å². The first-order chi connectivity index (χ1) is 12.2. The van der Waals surface area contributed by atoms with E-state index in [2.05, 4.69) is 76.6 Å². The van der Waals surface area contributed by atoms with Crippen molar-refractivity contribution in [1.82, 2.24) is 0 Å². The summed E-state index contributed by atoms with van der Waals surface area (Å²) in [6.45, 7) is 0. The summed E-state index contributed by atoms with van der Waals surface area (Å²) in [7, 11) is 9.87. The monoisotopic (exact) mass is 541 g/mol. The maximum absolute atomic E-state index is 5.60. The number of thiol groups is 1. The van der Waals surface area contributed by atoms with Gasteiger partial charge < -0.3 is 18.2 Å². The molecule has 1 aliphatic heterocycles. The molecule has 134 valence electrons. The molecule has 6 heteroatoms. The van der Waals surface area contributed by atoms with E-state index in [4.69, 9.17) is 21.8 Å². The zero-order valence-corrected chi connectivity index (χ0v) is 19.9. The molecule has 0 radical (unpaired) electrons. The van der Waals surface area contributed by atoms with E-state index in [-0.39, 0.29) is 19.6 Å². The predicted octanol–water partition coefficient (Wildman–Crippen LogP) is 6.86. The summed E-state index contributed by atoms with van der Waals surface area (Å²) in [4.78, 5) is 0. The van der Waals surface area contributed by atoms with Crippen molar-refractivity contribution in [2.24, 2.45) is 0 Å². The number of benzene rings is 2. The van der Waals surface area contributed by atoms with E-state index in [9.17, 15) is 0 Å². The molecule has 0 saturated heterocycles. The molecule has 1 aliphatic carbocycles. The molecule has 1 nitrogen and oxygen atoms in total. The molecule has 0 amide bonds. The molecule has 1 atom stereocenters. The van der Waals surface area contributed by atoms with Crippen LogP contribution in [0.4, 0.5) is 0 Å². The Morgan fingerprint density at radius 1 is 1.08 bits per heavy atom. The molecule has 0 spiro atoms. The molecule has 1 unspecified atom stereocenters. The Balaban J connectivity index is 0.000000165. The predicted molar refractivity (Wildman–Crippen MR) is 114 cm³/mol. The average molecular weight is 544 g/mol. The van der Waals surface area contributed by atoms with Crippen molar-refractivity contribution in [3.05, 3.63) is 94.2 Å². The third-order valence-electron chi connectivity index (χ3n) is 3.88. The Morgan fingerprint density at radius 2 is 1.85 bits per heavy atom. The topological polar surface area (TPSA) is 9.23 Å². The van der Waals surface area contributed by atoms with Crippen LogP contribution in [-0.2, 0) is 39.1 Å².